The van der Waals surface area contributed by atoms with Gasteiger partial charge in [0.1, 0.15) is 5.82 Å². The first-order valence-electron chi connectivity index (χ1n) is 6.11. The average Bonchev–Trinajstić information content (AvgIpc) is 2.43. The summed E-state index contributed by atoms with van der Waals surface area (Å²) in [4.78, 5) is 12.0. The lowest BCUT2D eigenvalue weighted by atomic mass is 10.1. The van der Waals surface area contributed by atoms with Gasteiger partial charge in [-0.05, 0) is 30.2 Å². The minimum atomic E-state index is -0.696. The van der Waals surface area contributed by atoms with Crippen molar-refractivity contribution >= 4 is 23.2 Å². The molecule has 20 heavy (non-hydrogen) atoms. The molecule has 0 saturated carbocycles. The third kappa shape index (κ3) is 3.79. The summed E-state index contributed by atoms with van der Waals surface area (Å²) >= 11 is 5.84. The van der Waals surface area contributed by atoms with Crippen molar-refractivity contribution in [2.24, 2.45) is 5.73 Å². The normalized spacial score (nSPS) is 11.9. The number of nitrogens with two attached hydrogens (primary N) is 1. The fraction of sp³-hybridized carbons (Fsp3) is 0.133. The van der Waals surface area contributed by atoms with Crippen LogP contribution in [0.15, 0.2) is 48.5 Å². The molecule has 0 aliphatic carbocycles. The number of anilines is 1. The van der Waals surface area contributed by atoms with Gasteiger partial charge in [0, 0.05) is 0 Å². The van der Waals surface area contributed by atoms with Crippen molar-refractivity contribution in [3.05, 3.63) is 64.9 Å². The Kier molecular flexibility index (Phi) is 4.71. The van der Waals surface area contributed by atoms with E-state index in [0.29, 0.717) is 12.1 Å². The van der Waals surface area contributed by atoms with Gasteiger partial charge < -0.3 is 11.1 Å². The molecule has 2 aromatic rings. The second-order valence-electron chi connectivity index (χ2n) is 4.41. The molecule has 0 aliphatic rings. The highest BCUT2D eigenvalue weighted by molar-refractivity contribution is 6.33. The SMILES string of the molecule is NC(Cc1ccccc1)C(=O)Nc1ccc(F)cc1Cl. The van der Waals surface area contributed by atoms with E-state index in [9.17, 15) is 9.18 Å². The Bertz CT molecular complexity index is 604. The quantitative estimate of drug-likeness (QED) is 0.910. The van der Waals surface area contributed by atoms with Crippen LogP contribution in [0.5, 0.6) is 0 Å². The van der Waals surface area contributed by atoms with Gasteiger partial charge in [-0.25, -0.2) is 4.39 Å². The summed E-state index contributed by atoms with van der Waals surface area (Å²) < 4.78 is 12.9. The van der Waals surface area contributed by atoms with Gasteiger partial charge in [0.25, 0.3) is 0 Å². The maximum absolute atomic E-state index is 12.9. The highest BCUT2D eigenvalue weighted by Gasteiger charge is 2.15. The fourth-order valence-corrected chi connectivity index (χ4v) is 1.99. The van der Waals surface area contributed by atoms with Crippen molar-refractivity contribution in [2.45, 2.75) is 12.5 Å². The number of nitrogens with one attached hydrogen (secondary N) is 1. The lowest BCUT2D eigenvalue weighted by Gasteiger charge is -2.13. The summed E-state index contributed by atoms with van der Waals surface area (Å²) in [6.07, 6.45) is 0.422. The molecule has 0 aliphatic heterocycles. The number of hydrogen-bond acceptors (Lipinski definition) is 2. The first kappa shape index (κ1) is 14.5. The molecule has 3 nitrogen and oxygen atoms in total. The summed E-state index contributed by atoms with van der Waals surface area (Å²) in [5, 5.41) is 2.74. The van der Waals surface area contributed by atoms with Crippen molar-refractivity contribution in [2.75, 3.05) is 5.32 Å². The van der Waals surface area contributed by atoms with Gasteiger partial charge in [-0.15, -0.1) is 0 Å². The Morgan fingerprint density at radius 1 is 1.25 bits per heavy atom. The minimum Gasteiger partial charge on any atom is -0.323 e. The standard InChI is InChI=1S/C15H14ClFN2O/c16-12-9-11(17)6-7-14(12)19-15(20)13(18)8-10-4-2-1-3-5-10/h1-7,9,13H,8,18H2,(H,19,20). The zero-order valence-electron chi connectivity index (χ0n) is 10.6. The molecule has 5 heteroatoms. The van der Waals surface area contributed by atoms with Crippen LogP contribution in [-0.2, 0) is 11.2 Å². The van der Waals surface area contributed by atoms with Gasteiger partial charge in [-0.1, -0.05) is 41.9 Å². The molecule has 0 bridgehead atoms. The van der Waals surface area contributed by atoms with Crippen LogP contribution in [0.4, 0.5) is 10.1 Å². The third-order valence-corrected chi connectivity index (χ3v) is 3.14. The zero-order chi connectivity index (χ0) is 14.5. The molecule has 0 saturated heterocycles. The Morgan fingerprint density at radius 2 is 1.95 bits per heavy atom. The van der Waals surface area contributed by atoms with Crippen LogP contribution >= 0.6 is 11.6 Å². The van der Waals surface area contributed by atoms with E-state index in [2.05, 4.69) is 5.32 Å². The van der Waals surface area contributed by atoms with Gasteiger partial charge in [0.05, 0.1) is 16.8 Å². The number of benzene rings is 2. The van der Waals surface area contributed by atoms with Crippen molar-refractivity contribution < 1.29 is 9.18 Å². The third-order valence-electron chi connectivity index (χ3n) is 2.82. The molecule has 1 atom stereocenters. The van der Waals surface area contributed by atoms with Gasteiger partial charge in [0.2, 0.25) is 5.91 Å². The van der Waals surface area contributed by atoms with Crippen LogP contribution in [0.3, 0.4) is 0 Å². The molecular formula is C15H14ClFN2O. The molecule has 0 aromatic heterocycles. The summed E-state index contributed by atoms with van der Waals surface area (Å²) in [6.45, 7) is 0. The predicted molar refractivity (Wildman–Crippen MR) is 78.2 cm³/mol. The number of hydrogen-bond donors (Lipinski definition) is 2. The van der Waals surface area contributed by atoms with E-state index >= 15 is 0 Å². The second-order valence-corrected chi connectivity index (χ2v) is 4.82. The molecule has 1 amide bonds. The van der Waals surface area contributed by atoms with Crippen LogP contribution in [0, 0.1) is 5.82 Å². The monoisotopic (exact) mass is 292 g/mol. The minimum absolute atomic E-state index is 0.144. The average molecular weight is 293 g/mol. The van der Waals surface area contributed by atoms with E-state index in [0.717, 1.165) is 11.6 Å². The molecule has 0 radical (unpaired) electrons. The number of carbonyl (C=O) groups excluding carboxylic acids is 1. The number of rotatable bonds is 4. The first-order valence-corrected chi connectivity index (χ1v) is 6.49. The van der Waals surface area contributed by atoms with Crippen LogP contribution in [-0.4, -0.2) is 11.9 Å². The molecule has 2 rings (SSSR count). The molecule has 0 fully saturated rings. The summed E-state index contributed by atoms with van der Waals surface area (Å²) in [5.41, 5.74) is 7.17. The molecular weight excluding hydrogens is 279 g/mol. The van der Waals surface area contributed by atoms with E-state index in [1.165, 1.54) is 12.1 Å². The Balaban J connectivity index is 2.01. The highest BCUT2D eigenvalue weighted by Crippen LogP contribution is 2.22. The van der Waals surface area contributed by atoms with E-state index in [1.807, 2.05) is 30.3 Å². The molecule has 1 unspecified atom stereocenters. The fourth-order valence-electron chi connectivity index (χ4n) is 1.78. The first-order chi connectivity index (χ1) is 9.56. The summed E-state index contributed by atoms with van der Waals surface area (Å²) in [5.74, 6) is -0.816. The summed E-state index contributed by atoms with van der Waals surface area (Å²) in [7, 11) is 0. The van der Waals surface area contributed by atoms with E-state index in [-0.39, 0.29) is 10.9 Å². The van der Waals surface area contributed by atoms with Crippen LogP contribution in [0.25, 0.3) is 0 Å². The van der Waals surface area contributed by atoms with E-state index in [4.69, 9.17) is 17.3 Å². The van der Waals surface area contributed by atoms with Gasteiger partial charge >= 0.3 is 0 Å². The van der Waals surface area contributed by atoms with Crippen molar-refractivity contribution in [1.29, 1.82) is 0 Å². The zero-order valence-corrected chi connectivity index (χ0v) is 11.4. The Morgan fingerprint density at radius 3 is 2.60 bits per heavy atom. The maximum Gasteiger partial charge on any atom is 0.241 e. The Labute approximate surface area is 121 Å². The van der Waals surface area contributed by atoms with Crippen molar-refractivity contribution in [3.8, 4) is 0 Å². The number of halogens is 2. The lowest BCUT2D eigenvalue weighted by molar-refractivity contribution is -0.117. The van der Waals surface area contributed by atoms with Gasteiger partial charge in [0.15, 0.2) is 0 Å². The molecule has 2 aromatic carbocycles. The second kappa shape index (κ2) is 6.50. The van der Waals surface area contributed by atoms with Crippen LogP contribution in [0.2, 0.25) is 5.02 Å². The lowest BCUT2D eigenvalue weighted by Crippen LogP contribution is -2.37. The van der Waals surface area contributed by atoms with Gasteiger partial charge in [-0.3, -0.25) is 4.79 Å². The smallest absolute Gasteiger partial charge is 0.241 e. The highest BCUT2D eigenvalue weighted by atomic mass is 35.5. The van der Waals surface area contributed by atoms with Crippen molar-refractivity contribution in [1.82, 2.24) is 0 Å². The predicted octanol–water partition coefficient (Wildman–Crippen LogP) is 2.99. The molecule has 0 heterocycles. The topological polar surface area (TPSA) is 55.1 Å². The van der Waals surface area contributed by atoms with Crippen LogP contribution < -0.4 is 11.1 Å². The van der Waals surface area contributed by atoms with Crippen molar-refractivity contribution in [3.63, 3.8) is 0 Å². The number of amides is 1. The Hall–Kier alpha value is -1.91. The molecule has 3 N–H and O–H groups in total. The molecule has 0 spiro atoms. The largest absolute Gasteiger partial charge is 0.323 e. The maximum atomic E-state index is 12.9. The van der Waals surface area contributed by atoms with Gasteiger partial charge in [-0.2, -0.15) is 0 Å². The number of carbonyl (C=O) groups is 1. The summed E-state index contributed by atoms with van der Waals surface area (Å²) in [6, 6.07) is 12.5. The van der Waals surface area contributed by atoms with E-state index < -0.39 is 11.9 Å². The molecule has 104 valence electrons. The van der Waals surface area contributed by atoms with Crippen LogP contribution in [0.1, 0.15) is 5.56 Å². The van der Waals surface area contributed by atoms with E-state index in [1.54, 1.807) is 0 Å².